The molecule has 0 aliphatic carbocycles. The third-order valence-electron chi connectivity index (χ3n) is 0.947. The van der Waals surface area contributed by atoms with Gasteiger partial charge in [-0.1, -0.05) is 31.7 Å². The Bertz CT molecular complexity index is 109. The monoisotopic (exact) mass is 145 g/mol. The highest BCUT2D eigenvalue weighted by Crippen LogP contribution is 1.98. The van der Waals surface area contributed by atoms with E-state index in [2.05, 4.69) is 18.5 Å². The fourth-order valence-electron chi connectivity index (χ4n) is 0.362. The molecule has 1 N–H and O–H groups in total. The molecule has 1 atom stereocenters. The van der Waals surface area contributed by atoms with Gasteiger partial charge in [0.05, 0.1) is 0 Å². The molecule has 0 spiro atoms. The minimum absolute atomic E-state index is 0.0181. The third kappa shape index (κ3) is 4.10. The summed E-state index contributed by atoms with van der Waals surface area (Å²) in [7, 11) is 0. The van der Waals surface area contributed by atoms with Gasteiger partial charge in [0.15, 0.2) is 0 Å². The smallest absolute Gasteiger partial charge is 0.101 e. The molecule has 0 radical (unpaired) electrons. The van der Waals surface area contributed by atoms with Crippen molar-refractivity contribution in [2.24, 2.45) is 0 Å². The Balaban J connectivity index is 3.46. The zero-order valence-corrected chi connectivity index (χ0v) is 6.41. The van der Waals surface area contributed by atoms with Crippen LogP contribution < -0.4 is 5.32 Å². The Morgan fingerprint density at radius 2 is 2.44 bits per heavy atom. The van der Waals surface area contributed by atoms with Crippen LogP contribution in [-0.2, 0) is 0 Å². The van der Waals surface area contributed by atoms with Gasteiger partial charge < -0.3 is 5.32 Å². The molecule has 0 saturated heterocycles. The van der Waals surface area contributed by atoms with Crippen molar-refractivity contribution in [1.82, 2.24) is 5.32 Å². The van der Waals surface area contributed by atoms with E-state index >= 15 is 0 Å². The highest BCUT2D eigenvalue weighted by molar-refractivity contribution is 6.20. The predicted octanol–water partition coefficient (Wildman–Crippen LogP) is 2.25. The Morgan fingerprint density at radius 1 is 1.89 bits per heavy atom. The Morgan fingerprint density at radius 3 is 2.78 bits per heavy atom. The van der Waals surface area contributed by atoms with E-state index in [-0.39, 0.29) is 5.50 Å². The fraction of sp³-hybridized carbons (Fsp3) is 0.429. The second kappa shape index (κ2) is 4.45. The molecule has 0 aliphatic rings. The van der Waals surface area contributed by atoms with Crippen molar-refractivity contribution in [1.29, 1.82) is 0 Å². The highest BCUT2D eigenvalue weighted by Gasteiger charge is 1.96. The van der Waals surface area contributed by atoms with Crippen LogP contribution in [-0.4, -0.2) is 5.50 Å². The first-order valence-corrected chi connectivity index (χ1v) is 3.36. The topological polar surface area (TPSA) is 12.0 Å². The lowest BCUT2D eigenvalue weighted by Gasteiger charge is -2.09. The summed E-state index contributed by atoms with van der Waals surface area (Å²) in [6.45, 7) is 9.18. The first-order chi connectivity index (χ1) is 4.20. The van der Waals surface area contributed by atoms with Gasteiger partial charge in [0.1, 0.15) is 5.50 Å². The number of allylic oxidation sites excluding steroid dienone is 1. The second-order valence-electron chi connectivity index (χ2n) is 1.75. The zero-order valence-electron chi connectivity index (χ0n) is 5.65. The van der Waals surface area contributed by atoms with Gasteiger partial charge in [-0.2, -0.15) is 0 Å². The molecule has 0 heterocycles. The van der Waals surface area contributed by atoms with Gasteiger partial charge in [-0.05, 0) is 12.5 Å². The van der Waals surface area contributed by atoms with Crippen molar-refractivity contribution >= 4 is 11.6 Å². The lowest BCUT2D eigenvalue weighted by molar-refractivity contribution is 0.722. The van der Waals surface area contributed by atoms with Crippen LogP contribution in [0.5, 0.6) is 0 Å². The lowest BCUT2D eigenvalue weighted by atomic mass is 10.4. The van der Waals surface area contributed by atoms with Gasteiger partial charge in [0, 0.05) is 5.70 Å². The van der Waals surface area contributed by atoms with E-state index in [0.29, 0.717) is 0 Å². The summed E-state index contributed by atoms with van der Waals surface area (Å²) in [6.07, 6.45) is 2.53. The Labute approximate surface area is 61.4 Å². The van der Waals surface area contributed by atoms with Crippen LogP contribution in [0.4, 0.5) is 0 Å². The van der Waals surface area contributed by atoms with E-state index in [1.807, 2.05) is 6.92 Å². The van der Waals surface area contributed by atoms with Crippen LogP contribution >= 0.6 is 11.6 Å². The quantitative estimate of drug-likeness (QED) is 0.364. The summed E-state index contributed by atoms with van der Waals surface area (Å²) in [4.78, 5) is 0. The molecular formula is C7H12ClN. The summed E-state index contributed by atoms with van der Waals surface area (Å²) in [5.74, 6) is 0. The van der Waals surface area contributed by atoms with Gasteiger partial charge in [0.2, 0.25) is 0 Å². The fourth-order valence-corrected chi connectivity index (χ4v) is 0.502. The third-order valence-corrected chi connectivity index (χ3v) is 1.36. The van der Waals surface area contributed by atoms with Gasteiger partial charge in [-0.3, -0.25) is 0 Å². The number of alkyl halides is 1. The Kier molecular flexibility index (Phi) is 4.24. The molecule has 0 aliphatic heterocycles. The van der Waals surface area contributed by atoms with Gasteiger partial charge in [-0.25, -0.2) is 0 Å². The van der Waals surface area contributed by atoms with E-state index < -0.39 is 0 Å². The van der Waals surface area contributed by atoms with Gasteiger partial charge >= 0.3 is 0 Å². The molecule has 2 heteroatoms. The maximum Gasteiger partial charge on any atom is 0.101 e. The van der Waals surface area contributed by atoms with E-state index in [9.17, 15) is 0 Å². The molecule has 0 bridgehead atoms. The number of nitrogens with one attached hydrogen (secondary N) is 1. The molecule has 0 rings (SSSR count). The van der Waals surface area contributed by atoms with Crippen LogP contribution in [0.25, 0.3) is 0 Å². The van der Waals surface area contributed by atoms with E-state index in [0.717, 1.165) is 12.1 Å². The first-order valence-electron chi connectivity index (χ1n) is 2.92. The van der Waals surface area contributed by atoms with Gasteiger partial charge in [-0.15, -0.1) is 0 Å². The van der Waals surface area contributed by atoms with Crippen LogP contribution in [0, 0.1) is 0 Å². The highest BCUT2D eigenvalue weighted by atomic mass is 35.5. The molecule has 1 nitrogen and oxygen atoms in total. The molecule has 0 fully saturated rings. The first kappa shape index (κ1) is 8.57. The summed E-state index contributed by atoms with van der Waals surface area (Å²) in [5, 5.41) is 2.93. The molecule has 52 valence electrons. The Hall–Kier alpha value is -0.430. The average molecular weight is 146 g/mol. The maximum atomic E-state index is 5.72. The van der Waals surface area contributed by atoms with Crippen molar-refractivity contribution in [2.45, 2.75) is 18.8 Å². The molecule has 0 aromatic heterocycles. The molecule has 0 aromatic rings. The van der Waals surface area contributed by atoms with Crippen molar-refractivity contribution in [3.63, 3.8) is 0 Å². The minimum Gasteiger partial charge on any atom is -0.370 e. The van der Waals surface area contributed by atoms with Crippen molar-refractivity contribution in [2.75, 3.05) is 0 Å². The summed E-state index contributed by atoms with van der Waals surface area (Å²) in [6, 6.07) is 0. The lowest BCUT2D eigenvalue weighted by Crippen LogP contribution is -2.20. The normalized spacial score (nSPS) is 12.2. The number of hydrogen-bond donors (Lipinski definition) is 1. The predicted molar refractivity (Wildman–Crippen MR) is 42.4 cm³/mol. The summed E-state index contributed by atoms with van der Waals surface area (Å²) < 4.78 is 0. The van der Waals surface area contributed by atoms with Crippen LogP contribution in [0.15, 0.2) is 24.9 Å². The molecule has 0 aromatic carbocycles. The largest absolute Gasteiger partial charge is 0.370 e. The standard InChI is InChI=1S/C7H12ClN/c1-4-6(3)9-7(8)5-2/h4,7,9H,1,3,5H2,2H3. The second-order valence-corrected chi connectivity index (χ2v) is 2.28. The summed E-state index contributed by atoms with van der Waals surface area (Å²) >= 11 is 5.72. The van der Waals surface area contributed by atoms with Crippen LogP contribution in [0.2, 0.25) is 0 Å². The summed E-state index contributed by atoms with van der Waals surface area (Å²) in [5.41, 5.74) is 0.757. The van der Waals surface area contributed by atoms with Gasteiger partial charge in [0.25, 0.3) is 0 Å². The number of hydrogen-bond acceptors (Lipinski definition) is 1. The molecule has 9 heavy (non-hydrogen) atoms. The van der Waals surface area contributed by atoms with Crippen LogP contribution in [0.1, 0.15) is 13.3 Å². The minimum atomic E-state index is -0.0181. The van der Waals surface area contributed by atoms with Crippen LogP contribution in [0.3, 0.4) is 0 Å². The van der Waals surface area contributed by atoms with E-state index in [1.54, 1.807) is 6.08 Å². The molecular weight excluding hydrogens is 134 g/mol. The maximum absolute atomic E-state index is 5.72. The SMILES string of the molecule is C=CC(=C)NC(Cl)CC. The van der Waals surface area contributed by atoms with Crippen molar-refractivity contribution in [3.8, 4) is 0 Å². The van der Waals surface area contributed by atoms with Crippen molar-refractivity contribution in [3.05, 3.63) is 24.9 Å². The molecule has 0 amide bonds. The molecule has 0 saturated carbocycles. The number of halogens is 1. The average Bonchev–Trinajstić information content (AvgIpc) is 1.87. The molecule has 1 unspecified atom stereocenters. The van der Waals surface area contributed by atoms with E-state index in [1.165, 1.54) is 0 Å². The zero-order chi connectivity index (χ0) is 7.28. The van der Waals surface area contributed by atoms with Crippen molar-refractivity contribution < 1.29 is 0 Å². The number of rotatable bonds is 4. The van der Waals surface area contributed by atoms with E-state index in [4.69, 9.17) is 11.6 Å².